The molecule has 1 atom stereocenters. The molecule has 1 aromatic heterocycles. The predicted molar refractivity (Wildman–Crippen MR) is 97.5 cm³/mol. The van der Waals surface area contributed by atoms with E-state index >= 15 is 0 Å². The largest absolute Gasteiger partial charge is 0.336 e. The Kier molecular flexibility index (Phi) is 4.02. The van der Waals surface area contributed by atoms with E-state index < -0.39 is 0 Å². The summed E-state index contributed by atoms with van der Waals surface area (Å²) in [4.78, 5) is 20.3. The zero-order valence-electron chi connectivity index (χ0n) is 13.6. The van der Waals surface area contributed by atoms with Crippen LogP contribution in [0.5, 0.6) is 0 Å². The summed E-state index contributed by atoms with van der Waals surface area (Å²) in [5.41, 5.74) is 2.93. The van der Waals surface area contributed by atoms with Gasteiger partial charge in [-0.15, -0.1) is 11.8 Å². The monoisotopic (exact) mass is 337 g/mol. The van der Waals surface area contributed by atoms with Crippen molar-refractivity contribution in [2.75, 3.05) is 19.3 Å². The summed E-state index contributed by atoms with van der Waals surface area (Å²) in [5, 5.41) is 0. The molecule has 4 nitrogen and oxygen atoms in total. The highest BCUT2D eigenvalue weighted by Crippen LogP contribution is 2.27. The van der Waals surface area contributed by atoms with Crippen LogP contribution in [0.4, 0.5) is 0 Å². The maximum absolute atomic E-state index is 12.8. The molecule has 0 N–H and O–H groups in total. The fourth-order valence-electron chi connectivity index (χ4n) is 3.36. The van der Waals surface area contributed by atoms with Crippen LogP contribution in [0, 0.1) is 0 Å². The van der Waals surface area contributed by atoms with Crippen molar-refractivity contribution in [1.82, 2.24) is 14.5 Å². The summed E-state index contributed by atoms with van der Waals surface area (Å²) in [6, 6.07) is 16.3. The number of imidazole rings is 1. The van der Waals surface area contributed by atoms with Crippen molar-refractivity contribution in [1.29, 1.82) is 0 Å². The number of hydrogen-bond acceptors (Lipinski definition) is 3. The molecule has 2 heterocycles. The lowest BCUT2D eigenvalue weighted by molar-refractivity contribution is 0.0787. The maximum atomic E-state index is 12.8. The van der Waals surface area contributed by atoms with Gasteiger partial charge in [-0.3, -0.25) is 4.79 Å². The highest BCUT2D eigenvalue weighted by molar-refractivity contribution is 7.98. The SMILES string of the molecule is CSc1cccc(C(=O)N2CC[C@H](n3cnc4ccccc43)C2)c1. The van der Waals surface area contributed by atoms with Gasteiger partial charge in [-0.2, -0.15) is 0 Å². The summed E-state index contributed by atoms with van der Waals surface area (Å²) in [6.07, 6.45) is 4.89. The van der Waals surface area contributed by atoms with Gasteiger partial charge in [0.2, 0.25) is 0 Å². The summed E-state index contributed by atoms with van der Waals surface area (Å²) in [6.45, 7) is 1.53. The van der Waals surface area contributed by atoms with Gasteiger partial charge in [0.15, 0.2) is 0 Å². The van der Waals surface area contributed by atoms with E-state index in [0.29, 0.717) is 6.04 Å². The van der Waals surface area contributed by atoms with Crippen LogP contribution in [0.2, 0.25) is 0 Å². The Morgan fingerprint density at radius 2 is 2.08 bits per heavy atom. The minimum absolute atomic E-state index is 0.123. The van der Waals surface area contributed by atoms with E-state index in [0.717, 1.165) is 41.0 Å². The molecule has 1 saturated heterocycles. The van der Waals surface area contributed by atoms with Crippen LogP contribution in [-0.4, -0.2) is 39.7 Å². The highest BCUT2D eigenvalue weighted by atomic mass is 32.2. The average molecular weight is 337 g/mol. The van der Waals surface area contributed by atoms with Crippen molar-refractivity contribution >= 4 is 28.7 Å². The Hall–Kier alpha value is -2.27. The van der Waals surface area contributed by atoms with Crippen molar-refractivity contribution in [3.8, 4) is 0 Å². The molecule has 1 amide bonds. The van der Waals surface area contributed by atoms with Crippen LogP contribution in [0.25, 0.3) is 11.0 Å². The molecule has 0 radical (unpaired) electrons. The zero-order valence-corrected chi connectivity index (χ0v) is 14.4. The van der Waals surface area contributed by atoms with Gasteiger partial charge in [-0.1, -0.05) is 18.2 Å². The molecule has 1 aliphatic rings. The first-order valence-corrected chi connectivity index (χ1v) is 9.33. The summed E-state index contributed by atoms with van der Waals surface area (Å²) < 4.78 is 2.21. The van der Waals surface area contributed by atoms with Gasteiger partial charge < -0.3 is 9.47 Å². The Balaban J connectivity index is 1.54. The Labute approximate surface area is 145 Å². The molecule has 0 unspecified atom stereocenters. The van der Waals surface area contributed by atoms with Crippen LogP contribution in [0.15, 0.2) is 59.8 Å². The number of benzene rings is 2. The first kappa shape index (κ1) is 15.3. The molecule has 0 bridgehead atoms. The van der Waals surface area contributed by atoms with Crippen molar-refractivity contribution in [2.45, 2.75) is 17.4 Å². The second-order valence-corrected chi connectivity index (χ2v) is 6.95. The minimum Gasteiger partial charge on any atom is -0.336 e. The molecule has 24 heavy (non-hydrogen) atoms. The Morgan fingerprint density at radius 3 is 2.96 bits per heavy atom. The number of rotatable bonds is 3. The number of amides is 1. The van der Waals surface area contributed by atoms with E-state index in [1.54, 1.807) is 11.8 Å². The van der Waals surface area contributed by atoms with E-state index in [1.807, 2.05) is 59.9 Å². The third-order valence-electron chi connectivity index (χ3n) is 4.64. The first-order valence-electron chi connectivity index (χ1n) is 8.11. The number of likely N-dealkylation sites (tertiary alicyclic amines) is 1. The second-order valence-electron chi connectivity index (χ2n) is 6.07. The number of carbonyl (C=O) groups excluding carboxylic acids is 1. The lowest BCUT2D eigenvalue weighted by Crippen LogP contribution is -2.29. The van der Waals surface area contributed by atoms with Gasteiger partial charge in [0.05, 0.1) is 23.4 Å². The van der Waals surface area contributed by atoms with Gasteiger partial charge in [-0.25, -0.2) is 4.98 Å². The van der Waals surface area contributed by atoms with Crippen LogP contribution in [0.1, 0.15) is 22.8 Å². The standard InChI is InChI=1S/C19H19N3OS/c1-24-16-6-4-5-14(11-16)19(23)21-10-9-15(12-21)22-13-20-17-7-2-3-8-18(17)22/h2-8,11,13,15H,9-10,12H2,1H3/t15-/m0/s1. The Morgan fingerprint density at radius 1 is 1.21 bits per heavy atom. The molecule has 5 heteroatoms. The molecular formula is C19H19N3OS. The third kappa shape index (κ3) is 2.69. The van der Waals surface area contributed by atoms with E-state index in [9.17, 15) is 4.79 Å². The van der Waals surface area contributed by atoms with Gasteiger partial charge in [0.1, 0.15) is 0 Å². The van der Waals surface area contributed by atoms with Crippen molar-refractivity contribution in [3.63, 3.8) is 0 Å². The van der Waals surface area contributed by atoms with Crippen LogP contribution < -0.4 is 0 Å². The van der Waals surface area contributed by atoms with Gasteiger partial charge in [0, 0.05) is 23.5 Å². The predicted octanol–water partition coefficient (Wildman–Crippen LogP) is 3.85. The maximum Gasteiger partial charge on any atom is 0.253 e. The third-order valence-corrected chi connectivity index (χ3v) is 5.37. The number of hydrogen-bond donors (Lipinski definition) is 0. The molecule has 122 valence electrons. The van der Waals surface area contributed by atoms with Gasteiger partial charge in [-0.05, 0) is 43.0 Å². The van der Waals surface area contributed by atoms with E-state index in [1.165, 1.54) is 0 Å². The van der Waals surface area contributed by atoms with Gasteiger partial charge in [0.25, 0.3) is 5.91 Å². The van der Waals surface area contributed by atoms with Crippen molar-refractivity contribution in [2.24, 2.45) is 0 Å². The summed E-state index contributed by atoms with van der Waals surface area (Å²) >= 11 is 1.66. The molecule has 1 aliphatic heterocycles. The molecule has 0 aliphatic carbocycles. The van der Waals surface area contributed by atoms with Gasteiger partial charge >= 0.3 is 0 Å². The molecule has 0 spiro atoms. The molecule has 2 aromatic carbocycles. The summed E-state index contributed by atoms with van der Waals surface area (Å²) in [5.74, 6) is 0.123. The fraction of sp³-hybridized carbons (Fsp3) is 0.263. The number of aromatic nitrogens is 2. The van der Waals surface area contributed by atoms with Crippen LogP contribution in [-0.2, 0) is 0 Å². The average Bonchev–Trinajstić information content (AvgIpc) is 3.27. The number of nitrogens with zero attached hydrogens (tertiary/aromatic N) is 3. The molecule has 0 saturated carbocycles. The lowest BCUT2D eigenvalue weighted by Gasteiger charge is -2.18. The molecular weight excluding hydrogens is 318 g/mol. The minimum atomic E-state index is 0.123. The number of para-hydroxylation sites is 2. The topological polar surface area (TPSA) is 38.1 Å². The lowest BCUT2D eigenvalue weighted by atomic mass is 10.2. The highest BCUT2D eigenvalue weighted by Gasteiger charge is 2.28. The first-order chi connectivity index (χ1) is 11.8. The van der Waals surface area contributed by atoms with E-state index in [2.05, 4.69) is 15.6 Å². The van der Waals surface area contributed by atoms with Crippen molar-refractivity contribution in [3.05, 3.63) is 60.4 Å². The number of thioether (sulfide) groups is 1. The quantitative estimate of drug-likeness (QED) is 0.682. The number of fused-ring (bicyclic) bond motifs is 1. The molecule has 4 rings (SSSR count). The summed E-state index contributed by atoms with van der Waals surface area (Å²) in [7, 11) is 0. The zero-order chi connectivity index (χ0) is 16.5. The van der Waals surface area contributed by atoms with E-state index in [4.69, 9.17) is 0 Å². The Bertz CT molecular complexity index is 889. The van der Waals surface area contributed by atoms with Crippen LogP contribution >= 0.6 is 11.8 Å². The second kappa shape index (κ2) is 6.32. The van der Waals surface area contributed by atoms with E-state index in [-0.39, 0.29) is 5.91 Å². The fourth-order valence-corrected chi connectivity index (χ4v) is 3.82. The van der Waals surface area contributed by atoms with Crippen LogP contribution in [0.3, 0.4) is 0 Å². The normalized spacial score (nSPS) is 17.5. The molecule has 1 fully saturated rings. The smallest absolute Gasteiger partial charge is 0.253 e. The van der Waals surface area contributed by atoms with Crippen molar-refractivity contribution < 1.29 is 4.79 Å². The molecule has 3 aromatic rings. The number of carbonyl (C=O) groups is 1.